The molecule has 0 amide bonds. The van der Waals surface area contributed by atoms with Gasteiger partial charge in [-0.3, -0.25) is 24.9 Å². The van der Waals surface area contributed by atoms with E-state index in [4.69, 9.17) is 0 Å². The van der Waals surface area contributed by atoms with Crippen LogP contribution in [-0.2, 0) is 4.74 Å². The summed E-state index contributed by atoms with van der Waals surface area (Å²) in [4.78, 5) is 39.1. The third kappa shape index (κ3) is 1.95. The van der Waals surface area contributed by atoms with E-state index in [9.17, 15) is 14.4 Å². The molecule has 0 aliphatic carbocycles. The molecule has 21 heavy (non-hydrogen) atoms. The van der Waals surface area contributed by atoms with Crippen molar-refractivity contribution in [3.8, 4) is 5.82 Å². The lowest BCUT2D eigenvalue weighted by Gasteiger charge is -2.03. The van der Waals surface area contributed by atoms with Crippen molar-refractivity contribution >= 4 is 17.0 Å². The van der Waals surface area contributed by atoms with Gasteiger partial charge in [0, 0.05) is 6.07 Å². The first-order valence-corrected chi connectivity index (χ1v) is 6.00. The number of hydrogen-bond donors (Lipinski definition) is 3. The third-order valence-corrected chi connectivity index (χ3v) is 3.08. The molecule has 0 aromatic carbocycles. The normalized spacial score (nSPS) is 11.0. The number of H-pyrrole nitrogens is 3. The van der Waals surface area contributed by atoms with Crippen molar-refractivity contribution in [3.63, 3.8) is 0 Å². The van der Waals surface area contributed by atoms with Gasteiger partial charge in [-0.2, -0.15) is 0 Å². The number of fused-ring (bicyclic) bond motifs is 1. The Kier molecular flexibility index (Phi) is 2.75. The van der Waals surface area contributed by atoms with Crippen LogP contribution >= 0.6 is 0 Å². The number of nitrogens with one attached hydrogen (secondary N) is 3. The van der Waals surface area contributed by atoms with Crippen molar-refractivity contribution in [1.82, 2.24) is 25.0 Å². The van der Waals surface area contributed by atoms with E-state index in [1.54, 1.807) is 13.0 Å². The molecular formula is C12H11N5O4. The number of ether oxygens (including phenoxy) is 1. The van der Waals surface area contributed by atoms with E-state index in [2.05, 4.69) is 25.0 Å². The van der Waals surface area contributed by atoms with Gasteiger partial charge < -0.3 is 4.74 Å². The summed E-state index contributed by atoms with van der Waals surface area (Å²) >= 11 is 0. The second-order valence-electron chi connectivity index (χ2n) is 4.44. The fourth-order valence-electron chi connectivity index (χ4n) is 2.11. The standard InChI is InChI=1S/C12H11N5O4/c1-5-3-7(13-10-9(5)11(19)15-14-10)17-8(18)4-6(16-17)12(20)21-2/h3-4,16H,1-2H3,(H2,13,14,15,19). The van der Waals surface area contributed by atoms with Gasteiger partial charge in [-0.05, 0) is 18.6 Å². The van der Waals surface area contributed by atoms with Gasteiger partial charge in [-0.1, -0.05) is 0 Å². The third-order valence-electron chi connectivity index (χ3n) is 3.08. The van der Waals surface area contributed by atoms with Gasteiger partial charge in [0.25, 0.3) is 11.1 Å². The molecule has 0 spiro atoms. The summed E-state index contributed by atoms with van der Waals surface area (Å²) in [7, 11) is 1.22. The summed E-state index contributed by atoms with van der Waals surface area (Å²) in [5.41, 5.74) is 0.259. The molecule has 0 radical (unpaired) electrons. The van der Waals surface area contributed by atoms with E-state index in [0.717, 1.165) is 10.7 Å². The highest BCUT2D eigenvalue weighted by Crippen LogP contribution is 2.13. The van der Waals surface area contributed by atoms with Crippen LogP contribution in [0.1, 0.15) is 16.1 Å². The predicted molar refractivity (Wildman–Crippen MR) is 72.7 cm³/mol. The summed E-state index contributed by atoms with van der Waals surface area (Å²) in [6.45, 7) is 1.73. The highest BCUT2D eigenvalue weighted by Gasteiger charge is 2.15. The molecule has 3 aromatic heterocycles. The largest absolute Gasteiger partial charge is 0.464 e. The monoisotopic (exact) mass is 289 g/mol. The first kappa shape index (κ1) is 12.9. The van der Waals surface area contributed by atoms with Crippen LogP contribution in [0.15, 0.2) is 21.7 Å². The van der Waals surface area contributed by atoms with Crippen LogP contribution in [0.3, 0.4) is 0 Å². The molecule has 3 aromatic rings. The molecule has 3 heterocycles. The Hall–Kier alpha value is -3.10. The summed E-state index contributed by atoms with van der Waals surface area (Å²) in [5, 5.41) is 8.09. The fourth-order valence-corrected chi connectivity index (χ4v) is 2.11. The van der Waals surface area contributed by atoms with Crippen molar-refractivity contribution in [1.29, 1.82) is 0 Å². The molecule has 0 saturated carbocycles. The highest BCUT2D eigenvalue weighted by molar-refractivity contribution is 5.87. The van der Waals surface area contributed by atoms with E-state index >= 15 is 0 Å². The van der Waals surface area contributed by atoms with Crippen LogP contribution < -0.4 is 11.1 Å². The van der Waals surface area contributed by atoms with E-state index in [1.165, 1.54) is 7.11 Å². The predicted octanol–water partition coefficient (Wildman–Crippen LogP) is -0.175. The first-order valence-electron chi connectivity index (χ1n) is 6.00. The van der Waals surface area contributed by atoms with Gasteiger partial charge in [0.1, 0.15) is 5.69 Å². The van der Waals surface area contributed by atoms with Crippen molar-refractivity contribution < 1.29 is 9.53 Å². The van der Waals surface area contributed by atoms with Gasteiger partial charge in [-0.15, -0.1) is 0 Å². The van der Waals surface area contributed by atoms with E-state index in [1.807, 2.05) is 0 Å². The van der Waals surface area contributed by atoms with Gasteiger partial charge in [0.15, 0.2) is 11.5 Å². The zero-order chi connectivity index (χ0) is 15.1. The molecule has 0 aliphatic rings. The number of rotatable bonds is 2. The Balaban J connectivity index is 2.21. The zero-order valence-corrected chi connectivity index (χ0v) is 11.2. The number of nitrogens with zero attached hydrogens (tertiary/aromatic N) is 2. The number of aryl methyl sites for hydroxylation is 1. The van der Waals surface area contributed by atoms with Crippen LogP contribution in [-0.4, -0.2) is 38.0 Å². The second kappa shape index (κ2) is 4.47. The number of carbonyl (C=O) groups excluding carboxylic acids is 1. The maximum absolute atomic E-state index is 11.9. The average Bonchev–Trinajstić information content (AvgIpc) is 3.02. The van der Waals surface area contributed by atoms with Crippen molar-refractivity contribution in [2.75, 3.05) is 7.11 Å². The second-order valence-corrected chi connectivity index (χ2v) is 4.44. The lowest BCUT2D eigenvalue weighted by Crippen LogP contribution is -2.15. The van der Waals surface area contributed by atoms with E-state index in [-0.39, 0.29) is 17.1 Å². The SMILES string of the molecule is COC(=O)c1cc(=O)n(-c2cc(C)c3c(=O)[nH][nH]c3n2)[nH]1. The number of aromatic amines is 3. The summed E-state index contributed by atoms with van der Waals surface area (Å²) < 4.78 is 5.64. The lowest BCUT2D eigenvalue weighted by molar-refractivity contribution is 0.0593. The van der Waals surface area contributed by atoms with Crippen LogP contribution in [0.4, 0.5) is 0 Å². The summed E-state index contributed by atoms with van der Waals surface area (Å²) in [5.74, 6) is -0.394. The molecule has 9 nitrogen and oxygen atoms in total. The van der Waals surface area contributed by atoms with Gasteiger partial charge in [-0.25, -0.2) is 14.5 Å². The lowest BCUT2D eigenvalue weighted by atomic mass is 10.2. The number of aromatic nitrogens is 5. The van der Waals surface area contributed by atoms with Gasteiger partial charge in [0.05, 0.1) is 12.5 Å². The van der Waals surface area contributed by atoms with Gasteiger partial charge in [0.2, 0.25) is 0 Å². The summed E-state index contributed by atoms with van der Waals surface area (Å²) in [6, 6.07) is 2.69. The van der Waals surface area contributed by atoms with E-state index < -0.39 is 11.5 Å². The molecule has 108 valence electrons. The fraction of sp³-hybridized carbons (Fsp3) is 0.167. The maximum atomic E-state index is 11.9. The maximum Gasteiger partial charge on any atom is 0.356 e. The van der Waals surface area contributed by atoms with E-state index in [0.29, 0.717) is 16.6 Å². The Labute approximate surface area is 116 Å². The molecule has 3 N–H and O–H groups in total. The Morgan fingerprint density at radius 3 is 2.76 bits per heavy atom. The molecule has 0 saturated heterocycles. The summed E-state index contributed by atoms with van der Waals surface area (Å²) in [6.07, 6.45) is 0. The molecule has 0 fully saturated rings. The minimum absolute atomic E-state index is 0.0182. The molecule has 3 rings (SSSR count). The smallest absolute Gasteiger partial charge is 0.356 e. The first-order chi connectivity index (χ1) is 10.0. The van der Waals surface area contributed by atoms with Crippen LogP contribution in [0, 0.1) is 6.92 Å². The Bertz CT molecular complexity index is 958. The molecule has 0 atom stereocenters. The molecule has 0 unspecified atom stereocenters. The molecule has 0 bridgehead atoms. The average molecular weight is 289 g/mol. The number of carbonyl (C=O) groups is 1. The molecule has 0 aliphatic heterocycles. The topological polar surface area (TPSA) is 126 Å². The Morgan fingerprint density at radius 1 is 1.29 bits per heavy atom. The van der Waals surface area contributed by atoms with Crippen LogP contribution in [0.5, 0.6) is 0 Å². The minimum Gasteiger partial charge on any atom is -0.464 e. The zero-order valence-electron chi connectivity index (χ0n) is 11.2. The van der Waals surface area contributed by atoms with Crippen LogP contribution in [0.2, 0.25) is 0 Å². The minimum atomic E-state index is -0.654. The van der Waals surface area contributed by atoms with Crippen LogP contribution in [0.25, 0.3) is 16.9 Å². The van der Waals surface area contributed by atoms with Crippen molar-refractivity contribution in [2.24, 2.45) is 0 Å². The molecule has 9 heteroatoms. The van der Waals surface area contributed by atoms with Crippen molar-refractivity contribution in [2.45, 2.75) is 6.92 Å². The van der Waals surface area contributed by atoms with Crippen molar-refractivity contribution in [3.05, 3.63) is 44.1 Å². The number of esters is 1. The quantitative estimate of drug-likeness (QED) is 0.564. The molecular weight excluding hydrogens is 278 g/mol. The number of hydrogen-bond acceptors (Lipinski definition) is 5. The Morgan fingerprint density at radius 2 is 2.05 bits per heavy atom. The number of pyridine rings is 1. The number of methoxy groups -OCH3 is 1. The highest BCUT2D eigenvalue weighted by atomic mass is 16.5. The van der Waals surface area contributed by atoms with Gasteiger partial charge >= 0.3 is 5.97 Å².